The number of aromatic nitrogens is 3. The Hall–Kier alpha value is -2.24. The van der Waals surface area contributed by atoms with Gasteiger partial charge in [0.1, 0.15) is 5.65 Å². The summed E-state index contributed by atoms with van der Waals surface area (Å²) in [5, 5.41) is 0. The number of piperidine rings is 2. The zero-order chi connectivity index (χ0) is 22.9. The molecule has 176 valence electrons. The van der Waals surface area contributed by atoms with E-state index in [1.165, 1.54) is 67.8 Å². The molecule has 5 nitrogen and oxygen atoms in total. The highest BCUT2D eigenvalue weighted by Gasteiger charge is 2.35. The molecule has 3 aromatic heterocycles. The Labute approximate surface area is 198 Å². The molecule has 5 heteroatoms. The van der Waals surface area contributed by atoms with Gasteiger partial charge in [0, 0.05) is 24.1 Å². The molecule has 2 fully saturated rings. The minimum Gasteiger partial charge on any atom is -0.304 e. The third-order valence-electron chi connectivity index (χ3n) is 8.14. The summed E-state index contributed by atoms with van der Waals surface area (Å²) in [6, 6.07) is 12.0. The molecule has 3 aromatic rings. The summed E-state index contributed by atoms with van der Waals surface area (Å²) in [7, 11) is 2.29. The number of hydrogen-bond donors (Lipinski definition) is 0. The van der Waals surface area contributed by atoms with Crippen molar-refractivity contribution < 1.29 is 0 Å². The van der Waals surface area contributed by atoms with Crippen LogP contribution in [0, 0.1) is 12.8 Å². The number of hydrogen-bond acceptors (Lipinski definition) is 4. The van der Waals surface area contributed by atoms with Gasteiger partial charge in [0.25, 0.3) is 0 Å². The van der Waals surface area contributed by atoms with Crippen molar-refractivity contribution in [2.75, 3.05) is 20.1 Å². The van der Waals surface area contributed by atoms with E-state index >= 15 is 0 Å². The van der Waals surface area contributed by atoms with Crippen LogP contribution in [0.1, 0.15) is 80.7 Å². The van der Waals surface area contributed by atoms with Crippen LogP contribution in [0.5, 0.6) is 0 Å². The lowest BCUT2D eigenvalue weighted by Gasteiger charge is -2.40. The number of nitrogens with zero attached hydrogens (tertiary/aromatic N) is 5. The molecule has 5 heterocycles. The second-order valence-corrected chi connectivity index (χ2v) is 10.5. The number of fused-ring (bicyclic) bond motifs is 1. The Kier molecular flexibility index (Phi) is 6.53. The topological polar surface area (TPSA) is 36.7 Å². The Morgan fingerprint density at radius 2 is 1.73 bits per heavy atom. The van der Waals surface area contributed by atoms with Crippen molar-refractivity contribution in [1.29, 1.82) is 0 Å². The van der Waals surface area contributed by atoms with Crippen molar-refractivity contribution in [2.24, 2.45) is 5.92 Å². The van der Waals surface area contributed by atoms with Crippen LogP contribution in [-0.4, -0.2) is 50.3 Å². The van der Waals surface area contributed by atoms with Crippen LogP contribution in [0.15, 0.2) is 42.7 Å². The van der Waals surface area contributed by atoms with Crippen LogP contribution in [0.4, 0.5) is 0 Å². The van der Waals surface area contributed by atoms with Crippen molar-refractivity contribution in [3.63, 3.8) is 0 Å². The first-order valence-corrected chi connectivity index (χ1v) is 12.9. The van der Waals surface area contributed by atoms with E-state index in [2.05, 4.69) is 72.5 Å². The van der Waals surface area contributed by atoms with Crippen LogP contribution < -0.4 is 0 Å². The van der Waals surface area contributed by atoms with Crippen LogP contribution >= 0.6 is 0 Å². The quantitative estimate of drug-likeness (QED) is 0.512. The highest BCUT2D eigenvalue weighted by atomic mass is 15.2. The fourth-order valence-electron chi connectivity index (χ4n) is 6.12. The maximum absolute atomic E-state index is 5.24. The second-order valence-electron chi connectivity index (χ2n) is 10.5. The van der Waals surface area contributed by atoms with Crippen molar-refractivity contribution in [3.05, 3.63) is 65.4 Å². The van der Waals surface area contributed by atoms with Gasteiger partial charge in [0.15, 0.2) is 0 Å². The lowest BCUT2D eigenvalue weighted by molar-refractivity contribution is 0.108. The molecule has 0 amide bonds. The highest BCUT2D eigenvalue weighted by molar-refractivity contribution is 5.44. The predicted octanol–water partition coefficient (Wildman–Crippen LogP) is 5.60. The monoisotopic (exact) mass is 445 g/mol. The lowest BCUT2D eigenvalue weighted by atomic mass is 9.87. The number of aryl methyl sites for hydroxylation is 1. The van der Waals surface area contributed by atoms with Crippen LogP contribution in [0.3, 0.4) is 0 Å². The maximum atomic E-state index is 5.24. The first-order valence-electron chi connectivity index (χ1n) is 12.9. The molecule has 2 aliphatic heterocycles. The molecule has 2 aliphatic rings. The summed E-state index contributed by atoms with van der Waals surface area (Å²) >= 11 is 0. The standard InChI is InChI=1S/C28H39N5/c1-20(2)32-17-13-22(14-18-32)19-25-28(30-26-12-5-6-16-33(25)26)24-11-7-10-23(31(24)4)27-21(3)9-8-15-29-27/h5-6,8-9,12,15-16,20,22-24H,7,10-11,13-14,17-19H2,1-4H3/t23-,24+/m0/s1. The smallest absolute Gasteiger partial charge is 0.137 e. The number of pyridine rings is 2. The average molecular weight is 446 g/mol. The van der Waals surface area contributed by atoms with Gasteiger partial charge in [-0.1, -0.05) is 12.1 Å². The zero-order valence-electron chi connectivity index (χ0n) is 20.7. The Morgan fingerprint density at radius 3 is 2.45 bits per heavy atom. The number of imidazole rings is 1. The normalized spacial score (nSPS) is 23.5. The minimum atomic E-state index is 0.343. The second kappa shape index (κ2) is 9.55. The maximum Gasteiger partial charge on any atom is 0.137 e. The zero-order valence-corrected chi connectivity index (χ0v) is 20.7. The van der Waals surface area contributed by atoms with Crippen molar-refractivity contribution in [1.82, 2.24) is 24.2 Å². The van der Waals surface area contributed by atoms with Crippen molar-refractivity contribution in [3.8, 4) is 0 Å². The summed E-state index contributed by atoms with van der Waals surface area (Å²) in [5.74, 6) is 0.738. The molecule has 0 unspecified atom stereocenters. The lowest BCUT2D eigenvalue weighted by Crippen LogP contribution is -2.39. The molecule has 0 spiro atoms. The molecule has 0 aromatic carbocycles. The summed E-state index contributed by atoms with van der Waals surface area (Å²) in [6.45, 7) is 9.28. The van der Waals surface area contributed by atoms with Gasteiger partial charge in [0.05, 0.1) is 23.5 Å². The van der Waals surface area contributed by atoms with E-state index in [0.717, 1.165) is 18.0 Å². The van der Waals surface area contributed by atoms with Gasteiger partial charge < -0.3 is 9.30 Å². The minimum absolute atomic E-state index is 0.343. The molecular formula is C28H39N5. The predicted molar refractivity (Wildman–Crippen MR) is 134 cm³/mol. The third-order valence-corrected chi connectivity index (χ3v) is 8.14. The fourth-order valence-corrected chi connectivity index (χ4v) is 6.12. The first-order chi connectivity index (χ1) is 16.0. The summed E-state index contributed by atoms with van der Waals surface area (Å²) in [6.07, 6.45) is 11.4. The largest absolute Gasteiger partial charge is 0.304 e. The van der Waals surface area contributed by atoms with Gasteiger partial charge in [-0.3, -0.25) is 9.88 Å². The molecule has 0 bridgehead atoms. The average Bonchev–Trinajstić information content (AvgIpc) is 3.18. The van der Waals surface area contributed by atoms with Crippen molar-refractivity contribution in [2.45, 2.75) is 77.4 Å². The van der Waals surface area contributed by atoms with Gasteiger partial charge in [-0.2, -0.15) is 0 Å². The van der Waals surface area contributed by atoms with Gasteiger partial charge in [-0.15, -0.1) is 0 Å². The van der Waals surface area contributed by atoms with E-state index in [9.17, 15) is 0 Å². The molecule has 0 saturated carbocycles. The number of rotatable bonds is 5. The first kappa shape index (κ1) is 22.5. The molecule has 2 saturated heterocycles. The third kappa shape index (κ3) is 4.45. The van der Waals surface area contributed by atoms with E-state index in [-0.39, 0.29) is 0 Å². The van der Waals surface area contributed by atoms with Gasteiger partial charge >= 0.3 is 0 Å². The SMILES string of the molecule is Cc1cccnc1[C@@H]1CCC[C@H](c2nc3ccccn3c2CC2CCN(C(C)C)CC2)N1C. The fraction of sp³-hybridized carbons (Fsp3) is 0.571. The van der Waals surface area contributed by atoms with E-state index < -0.39 is 0 Å². The molecule has 5 rings (SSSR count). The van der Waals surface area contributed by atoms with E-state index in [0.29, 0.717) is 18.1 Å². The van der Waals surface area contributed by atoms with Crippen LogP contribution in [0.2, 0.25) is 0 Å². The summed E-state index contributed by atoms with van der Waals surface area (Å²) in [5.41, 5.74) is 6.35. The number of likely N-dealkylation sites (tertiary alicyclic amines) is 2. The van der Waals surface area contributed by atoms with Gasteiger partial charge in [-0.05, 0) is 109 Å². The Balaban J connectivity index is 1.45. The highest BCUT2D eigenvalue weighted by Crippen LogP contribution is 2.42. The summed E-state index contributed by atoms with van der Waals surface area (Å²) < 4.78 is 2.37. The molecule has 0 N–H and O–H groups in total. The van der Waals surface area contributed by atoms with E-state index in [1.807, 2.05) is 12.3 Å². The van der Waals surface area contributed by atoms with E-state index in [1.54, 1.807) is 0 Å². The molecule has 2 atom stereocenters. The van der Waals surface area contributed by atoms with Gasteiger partial charge in [-0.25, -0.2) is 4.98 Å². The Morgan fingerprint density at radius 1 is 0.970 bits per heavy atom. The molecule has 0 aliphatic carbocycles. The van der Waals surface area contributed by atoms with Crippen LogP contribution in [0.25, 0.3) is 5.65 Å². The molecule has 33 heavy (non-hydrogen) atoms. The summed E-state index contributed by atoms with van der Waals surface area (Å²) in [4.78, 5) is 15.2. The molecule has 0 radical (unpaired) electrons. The Bertz CT molecular complexity index is 1080. The van der Waals surface area contributed by atoms with E-state index in [4.69, 9.17) is 9.97 Å². The van der Waals surface area contributed by atoms with Gasteiger partial charge in [0.2, 0.25) is 0 Å². The van der Waals surface area contributed by atoms with Crippen LogP contribution in [-0.2, 0) is 6.42 Å². The van der Waals surface area contributed by atoms with Crippen molar-refractivity contribution >= 4 is 5.65 Å². The molecular weight excluding hydrogens is 406 g/mol.